The number of aromatic amines is 1. The number of anilines is 2. The fourth-order valence-corrected chi connectivity index (χ4v) is 5.41. The molecule has 3 aromatic heterocycles. The van der Waals surface area contributed by atoms with E-state index in [9.17, 15) is 4.79 Å². The monoisotopic (exact) mass is 532 g/mol. The zero-order valence-electron chi connectivity index (χ0n) is 21.8. The molecule has 2 aliphatic heterocycles. The van der Waals surface area contributed by atoms with E-state index in [0.717, 1.165) is 51.5 Å². The highest BCUT2D eigenvalue weighted by Gasteiger charge is 2.29. The Morgan fingerprint density at radius 3 is 2.92 bits per heavy atom. The third-order valence-corrected chi connectivity index (χ3v) is 7.41. The highest BCUT2D eigenvalue weighted by atomic mass is 16.5. The SMILES string of the molecule is O=c1[nH]cccc1N1CCOC(c2cccc3c2Oc2ccc(NCc4cncc(-n5ccnc5)c4)cc2C3)C1. The summed E-state index contributed by atoms with van der Waals surface area (Å²) in [5.74, 6) is 1.70. The maximum Gasteiger partial charge on any atom is 0.271 e. The molecule has 40 heavy (non-hydrogen) atoms. The van der Waals surface area contributed by atoms with Crippen LogP contribution in [0.2, 0.25) is 0 Å². The van der Waals surface area contributed by atoms with Gasteiger partial charge in [-0.2, -0.15) is 0 Å². The van der Waals surface area contributed by atoms with Crippen LogP contribution in [0.3, 0.4) is 0 Å². The molecular weight excluding hydrogens is 504 g/mol. The number of rotatable bonds is 6. The van der Waals surface area contributed by atoms with Crippen LogP contribution in [-0.2, 0) is 17.7 Å². The number of nitrogens with zero attached hydrogens (tertiary/aromatic N) is 4. The van der Waals surface area contributed by atoms with Crippen LogP contribution in [0.15, 0.2) is 96.7 Å². The first-order valence-electron chi connectivity index (χ1n) is 13.3. The quantitative estimate of drug-likeness (QED) is 0.317. The summed E-state index contributed by atoms with van der Waals surface area (Å²) in [6.07, 6.45) is 11.3. The Hall–Kier alpha value is -4.89. The minimum atomic E-state index is -0.197. The normalized spacial score (nSPS) is 16.1. The zero-order valence-corrected chi connectivity index (χ0v) is 21.8. The van der Waals surface area contributed by atoms with Crippen molar-refractivity contribution in [2.75, 3.05) is 29.9 Å². The molecule has 2 N–H and O–H groups in total. The van der Waals surface area contributed by atoms with E-state index in [1.165, 1.54) is 0 Å². The zero-order chi connectivity index (χ0) is 26.9. The molecule has 0 amide bonds. The maximum absolute atomic E-state index is 12.4. The van der Waals surface area contributed by atoms with Crippen molar-refractivity contribution in [1.82, 2.24) is 19.5 Å². The lowest BCUT2D eigenvalue weighted by Gasteiger charge is -2.35. The molecule has 9 heteroatoms. The molecule has 7 rings (SSSR count). The van der Waals surface area contributed by atoms with Crippen LogP contribution in [0, 0.1) is 0 Å². The Bertz CT molecular complexity index is 1710. The van der Waals surface area contributed by atoms with Gasteiger partial charge in [-0.05, 0) is 47.5 Å². The molecule has 0 spiro atoms. The van der Waals surface area contributed by atoms with Gasteiger partial charge in [0.05, 0.1) is 24.8 Å². The van der Waals surface area contributed by atoms with Gasteiger partial charge in [0.15, 0.2) is 0 Å². The number of fused-ring (bicyclic) bond motifs is 2. The minimum Gasteiger partial charge on any atom is -0.456 e. The van der Waals surface area contributed by atoms with Gasteiger partial charge in [-0.1, -0.05) is 18.2 Å². The lowest BCUT2D eigenvalue weighted by molar-refractivity contribution is 0.0383. The second-order valence-corrected chi connectivity index (χ2v) is 10.0. The van der Waals surface area contributed by atoms with Crippen LogP contribution < -0.4 is 20.5 Å². The van der Waals surface area contributed by atoms with Crippen LogP contribution in [0.1, 0.15) is 28.4 Å². The molecule has 0 radical (unpaired) electrons. The van der Waals surface area contributed by atoms with Gasteiger partial charge in [0.1, 0.15) is 23.3 Å². The second kappa shape index (κ2) is 10.3. The Morgan fingerprint density at radius 2 is 2.02 bits per heavy atom. The van der Waals surface area contributed by atoms with E-state index in [0.29, 0.717) is 31.9 Å². The molecule has 2 aromatic carbocycles. The third-order valence-electron chi connectivity index (χ3n) is 7.41. The molecule has 0 saturated carbocycles. The number of aromatic nitrogens is 4. The molecule has 2 aliphatic rings. The van der Waals surface area contributed by atoms with Gasteiger partial charge in [-0.3, -0.25) is 9.78 Å². The number of nitrogens with one attached hydrogen (secondary N) is 2. The van der Waals surface area contributed by atoms with Crippen molar-refractivity contribution in [2.24, 2.45) is 0 Å². The van der Waals surface area contributed by atoms with Crippen molar-refractivity contribution in [1.29, 1.82) is 0 Å². The highest BCUT2D eigenvalue weighted by Crippen LogP contribution is 2.43. The molecule has 5 aromatic rings. The fraction of sp³-hybridized carbons (Fsp3) is 0.194. The molecule has 1 unspecified atom stereocenters. The summed E-state index contributed by atoms with van der Waals surface area (Å²) in [6.45, 7) is 2.44. The predicted molar refractivity (Wildman–Crippen MR) is 152 cm³/mol. The van der Waals surface area contributed by atoms with Crippen molar-refractivity contribution in [3.8, 4) is 17.2 Å². The average molecular weight is 533 g/mol. The van der Waals surface area contributed by atoms with Gasteiger partial charge < -0.3 is 29.2 Å². The lowest BCUT2D eigenvalue weighted by Crippen LogP contribution is -2.41. The maximum atomic E-state index is 12.4. The standard InChI is InChI=1S/C31H28N6O3/c38-31-27(5-2-8-34-31)36-11-12-39-29(19-36)26-4-1-3-22-14-23-15-24(6-7-28(23)40-30(22)26)35-17-21-13-25(18-33-16-21)37-10-9-32-20-37/h1-10,13,15-16,18,20,29,35H,11-12,14,17,19H2,(H,34,38). The van der Waals surface area contributed by atoms with Crippen LogP contribution in [0.4, 0.5) is 11.4 Å². The molecular formula is C31H28N6O3. The summed E-state index contributed by atoms with van der Waals surface area (Å²) in [5, 5.41) is 3.52. The molecule has 0 aliphatic carbocycles. The number of hydrogen-bond donors (Lipinski definition) is 2. The van der Waals surface area contributed by atoms with Crippen molar-refractivity contribution < 1.29 is 9.47 Å². The topological polar surface area (TPSA) is 97.3 Å². The Balaban J connectivity index is 1.07. The summed E-state index contributed by atoms with van der Waals surface area (Å²) in [6, 6.07) is 18.3. The van der Waals surface area contributed by atoms with E-state index in [2.05, 4.69) is 55.5 Å². The van der Waals surface area contributed by atoms with Gasteiger partial charge >= 0.3 is 0 Å². The number of morpholine rings is 1. The van der Waals surface area contributed by atoms with E-state index in [1.54, 1.807) is 18.7 Å². The first-order chi connectivity index (χ1) is 19.7. The van der Waals surface area contributed by atoms with Crippen LogP contribution in [0.5, 0.6) is 11.5 Å². The molecule has 1 atom stereocenters. The number of benzene rings is 2. The molecule has 5 heterocycles. The van der Waals surface area contributed by atoms with Crippen LogP contribution in [0.25, 0.3) is 5.69 Å². The van der Waals surface area contributed by atoms with Crippen molar-refractivity contribution in [3.63, 3.8) is 0 Å². The minimum absolute atomic E-state index is 0.0880. The number of hydrogen-bond acceptors (Lipinski definition) is 7. The predicted octanol–water partition coefficient (Wildman–Crippen LogP) is 4.84. The Labute approximate surface area is 231 Å². The summed E-state index contributed by atoms with van der Waals surface area (Å²) < 4.78 is 14.6. The number of ether oxygens (including phenoxy) is 2. The fourth-order valence-electron chi connectivity index (χ4n) is 5.41. The first-order valence-corrected chi connectivity index (χ1v) is 13.3. The van der Waals surface area contributed by atoms with Gasteiger partial charge in [0.25, 0.3) is 5.56 Å². The van der Waals surface area contributed by atoms with Gasteiger partial charge in [0, 0.05) is 67.7 Å². The summed E-state index contributed by atoms with van der Waals surface area (Å²) >= 11 is 0. The van der Waals surface area contributed by atoms with E-state index < -0.39 is 0 Å². The highest BCUT2D eigenvalue weighted by molar-refractivity contribution is 5.59. The van der Waals surface area contributed by atoms with Crippen LogP contribution in [-0.4, -0.2) is 39.2 Å². The Kier molecular flexibility index (Phi) is 6.25. The van der Waals surface area contributed by atoms with Crippen LogP contribution >= 0.6 is 0 Å². The molecule has 1 fully saturated rings. The third kappa shape index (κ3) is 4.71. The van der Waals surface area contributed by atoms with Crippen molar-refractivity contribution >= 4 is 11.4 Å². The smallest absolute Gasteiger partial charge is 0.271 e. The Morgan fingerprint density at radius 1 is 1.05 bits per heavy atom. The summed E-state index contributed by atoms with van der Waals surface area (Å²) in [4.78, 5) is 25.7. The lowest BCUT2D eigenvalue weighted by atomic mass is 9.95. The van der Waals surface area contributed by atoms with Crippen molar-refractivity contribution in [3.05, 3.63) is 125 Å². The number of imidazole rings is 1. The number of H-pyrrole nitrogens is 1. The first kappa shape index (κ1) is 24.2. The largest absolute Gasteiger partial charge is 0.456 e. The van der Waals surface area contributed by atoms with Gasteiger partial charge in [0.2, 0.25) is 0 Å². The van der Waals surface area contributed by atoms with Gasteiger partial charge in [-0.25, -0.2) is 4.98 Å². The van der Waals surface area contributed by atoms with E-state index in [-0.39, 0.29) is 11.7 Å². The van der Waals surface area contributed by atoms with Crippen molar-refractivity contribution in [2.45, 2.75) is 19.1 Å². The molecule has 9 nitrogen and oxygen atoms in total. The average Bonchev–Trinajstić information content (AvgIpc) is 3.55. The number of pyridine rings is 2. The molecule has 200 valence electrons. The number of para-hydroxylation sites is 1. The molecule has 1 saturated heterocycles. The second-order valence-electron chi connectivity index (χ2n) is 10.0. The van der Waals surface area contributed by atoms with E-state index in [4.69, 9.17) is 9.47 Å². The van der Waals surface area contributed by atoms with E-state index >= 15 is 0 Å². The van der Waals surface area contributed by atoms with E-state index in [1.807, 2.05) is 47.4 Å². The molecule has 0 bridgehead atoms. The summed E-state index contributed by atoms with van der Waals surface area (Å²) in [7, 11) is 0. The summed E-state index contributed by atoms with van der Waals surface area (Å²) in [5.41, 5.74) is 6.91. The van der Waals surface area contributed by atoms with Gasteiger partial charge in [-0.15, -0.1) is 0 Å².